The lowest BCUT2D eigenvalue weighted by Gasteiger charge is -2.28. The van der Waals surface area contributed by atoms with Gasteiger partial charge >= 0.3 is 0 Å². The molecular weight excluding hydrogens is 596 g/mol. The number of likely N-dealkylation sites (tertiary alicyclic amines) is 1. The van der Waals surface area contributed by atoms with Crippen LogP contribution in [0.5, 0.6) is 0 Å². The normalized spacial score (nSPS) is 15.8. The molecule has 1 saturated heterocycles. The molecule has 0 radical (unpaired) electrons. The Labute approximate surface area is 283 Å². The fourth-order valence-electron chi connectivity index (χ4n) is 6.24. The van der Waals surface area contributed by atoms with E-state index in [9.17, 15) is 9.59 Å². The van der Waals surface area contributed by atoms with Gasteiger partial charge in [-0.2, -0.15) is 0 Å². The van der Waals surface area contributed by atoms with Gasteiger partial charge in [-0.1, -0.05) is 97.9 Å². The number of rotatable bonds is 10. The summed E-state index contributed by atoms with van der Waals surface area (Å²) in [4.78, 5) is 37.1. The number of pyridine rings is 2. The topological polar surface area (TPSA) is 127 Å². The van der Waals surface area contributed by atoms with Crippen LogP contribution in [0.15, 0.2) is 134 Å². The average Bonchev–Trinajstić information content (AvgIpc) is 3.63. The predicted octanol–water partition coefficient (Wildman–Crippen LogP) is 6.37. The standard InChI is InChI=1S/C35H38N4O2.C5H6N2/c1-25(27-15-6-3-7-16-27)29(32-19-10-11-21-37-32)24-28-17-8-9-18-31(28)38-34(40)33-20-12-22-39(33)35(41)30(36)23-26-13-4-2-5-14-26;6-5-3-1-2-4-7-5/h2-11,13-19,21,25,29-30,33H,12,20,22-24,36H2,1H3,(H,38,40);1-4H,(H2,6,7)/t25?,29-,30?,33?;/m0./s1. The van der Waals surface area contributed by atoms with Crippen LogP contribution in [-0.4, -0.2) is 45.3 Å². The summed E-state index contributed by atoms with van der Waals surface area (Å²) < 4.78 is 0. The Morgan fingerprint density at radius 2 is 1.46 bits per heavy atom. The van der Waals surface area contributed by atoms with Gasteiger partial charge in [-0.15, -0.1) is 0 Å². The molecule has 3 unspecified atom stereocenters. The van der Waals surface area contributed by atoms with Gasteiger partial charge in [0.05, 0.1) is 6.04 Å². The van der Waals surface area contributed by atoms with Gasteiger partial charge in [0.1, 0.15) is 11.9 Å². The number of anilines is 2. The van der Waals surface area contributed by atoms with Crippen LogP contribution in [0.1, 0.15) is 54.0 Å². The number of hydrogen-bond acceptors (Lipinski definition) is 6. The summed E-state index contributed by atoms with van der Waals surface area (Å²) in [7, 11) is 0. The summed E-state index contributed by atoms with van der Waals surface area (Å²) in [6.07, 6.45) is 6.05. The number of carbonyl (C=O) groups is 2. The summed E-state index contributed by atoms with van der Waals surface area (Å²) in [5.41, 5.74) is 16.7. The number of aromatic nitrogens is 2. The molecule has 246 valence electrons. The van der Waals surface area contributed by atoms with E-state index in [2.05, 4.69) is 53.6 Å². The molecule has 1 aliphatic heterocycles. The largest absolute Gasteiger partial charge is 0.384 e. The van der Waals surface area contributed by atoms with Gasteiger partial charge in [0.25, 0.3) is 0 Å². The van der Waals surface area contributed by atoms with Crippen LogP contribution in [0.4, 0.5) is 11.5 Å². The van der Waals surface area contributed by atoms with Crippen LogP contribution >= 0.6 is 0 Å². The smallest absolute Gasteiger partial charge is 0.247 e. The van der Waals surface area contributed by atoms with Crippen molar-refractivity contribution in [2.45, 2.75) is 56.5 Å². The minimum atomic E-state index is -0.684. The van der Waals surface area contributed by atoms with Crippen molar-refractivity contribution < 1.29 is 9.59 Å². The first-order valence-electron chi connectivity index (χ1n) is 16.5. The van der Waals surface area contributed by atoms with Crippen molar-refractivity contribution in [3.8, 4) is 0 Å². The molecule has 4 atom stereocenters. The van der Waals surface area contributed by atoms with E-state index in [0.717, 1.165) is 28.9 Å². The van der Waals surface area contributed by atoms with Gasteiger partial charge in [-0.05, 0) is 78.6 Å². The van der Waals surface area contributed by atoms with Crippen LogP contribution in [0, 0.1) is 0 Å². The molecule has 0 bridgehead atoms. The summed E-state index contributed by atoms with van der Waals surface area (Å²) in [6.45, 7) is 2.77. The number of benzene rings is 3. The van der Waals surface area contributed by atoms with Crippen LogP contribution in [0.2, 0.25) is 0 Å². The summed E-state index contributed by atoms with van der Waals surface area (Å²) in [5, 5.41) is 3.17. The first kappa shape index (κ1) is 34.0. The zero-order valence-corrected chi connectivity index (χ0v) is 27.4. The molecule has 2 amide bonds. The third-order valence-electron chi connectivity index (χ3n) is 8.85. The first-order valence-corrected chi connectivity index (χ1v) is 16.5. The second-order valence-electron chi connectivity index (χ2n) is 12.2. The van der Waals surface area contributed by atoms with Gasteiger partial charge in [-0.25, -0.2) is 4.98 Å². The molecule has 0 saturated carbocycles. The van der Waals surface area contributed by atoms with Crippen molar-refractivity contribution in [2.75, 3.05) is 17.6 Å². The second kappa shape index (κ2) is 17.0. The van der Waals surface area contributed by atoms with Gasteiger partial charge in [0.2, 0.25) is 11.8 Å². The highest BCUT2D eigenvalue weighted by atomic mass is 16.2. The maximum Gasteiger partial charge on any atom is 0.247 e. The summed E-state index contributed by atoms with van der Waals surface area (Å²) in [5.74, 6) is 0.552. The molecule has 3 heterocycles. The van der Waals surface area contributed by atoms with Crippen molar-refractivity contribution >= 4 is 23.3 Å². The highest BCUT2D eigenvalue weighted by molar-refractivity contribution is 5.98. The van der Waals surface area contributed by atoms with Crippen molar-refractivity contribution in [1.82, 2.24) is 14.9 Å². The van der Waals surface area contributed by atoms with E-state index < -0.39 is 12.1 Å². The molecule has 5 N–H and O–H groups in total. The third-order valence-corrected chi connectivity index (χ3v) is 8.85. The Hall–Kier alpha value is -5.34. The molecule has 6 rings (SSSR count). The Balaban J connectivity index is 0.000000572. The zero-order chi connectivity index (χ0) is 33.7. The number of nitrogens with zero attached hydrogens (tertiary/aromatic N) is 3. The van der Waals surface area contributed by atoms with Gasteiger partial charge in [0, 0.05) is 36.2 Å². The quantitative estimate of drug-likeness (QED) is 0.163. The minimum absolute atomic E-state index is 0.109. The zero-order valence-electron chi connectivity index (χ0n) is 27.4. The predicted molar refractivity (Wildman–Crippen MR) is 192 cm³/mol. The molecule has 0 aliphatic carbocycles. The van der Waals surface area contributed by atoms with Crippen molar-refractivity contribution in [3.63, 3.8) is 0 Å². The number of hydrogen-bond donors (Lipinski definition) is 3. The molecule has 0 spiro atoms. The van der Waals surface area contributed by atoms with Gasteiger partial charge in [0.15, 0.2) is 0 Å². The lowest BCUT2D eigenvalue weighted by atomic mass is 9.81. The number of para-hydroxylation sites is 1. The SMILES string of the molecule is CC(c1ccccc1)[C@H](Cc1ccccc1NC(=O)C1CCCN1C(=O)C(N)Cc1ccccc1)c1ccccn1.Nc1ccccn1. The van der Waals surface area contributed by atoms with Gasteiger partial charge in [-0.3, -0.25) is 14.6 Å². The van der Waals surface area contributed by atoms with E-state index in [1.54, 1.807) is 17.2 Å². The lowest BCUT2D eigenvalue weighted by molar-refractivity contribution is -0.137. The van der Waals surface area contributed by atoms with E-state index in [4.69, 9.17) is 16.5 Å². The fourth-order valence-corrected chi connectivity index (χ4v) is 6.24. The third kappa shape index (κ3) is 9.14. The Kier molecular flexibility index (Phi) is 12.0. The Morgan fingerprint density at radius 3 is 2.10 bits per heavy atom. The van der Waals surface area contributed by atoms with E-state index in [-0.39, 0.29) is 23.7 Å². The Morgan fingerprint density at radius 1 is 0.812 bits per heavy atom. The van der Waals surface area contributed by atoms with Crippen LogP contribution in [0.25, 0.3) is 0 Å². The number of nitrogens with two attached hydrogens (primary N) is 2. The van der Waals surface area contributed by atoms with Crippen molar-refractivity contribution in [1.29, 1.82) is 0 Å². The molecule has 8 heteroatoms. The second-order valence-corrected chi connectivity index (χ2v) is 12.2. The molecule has 3 aromatic carbocycles. The molecule has 2 aromatic heterocycles. The number of amides is 2. The average molecular weight is 641 g/mol. The molecule has 1 aliphatic rings. The summed E-state index contributed by atoms with van der Waals surface area (Å²) >= 11 is 0. The Bertz CT molecular complexity index is 1720. The van der Waals surface area contributed by atoms with Crippen molar-refractivity contribution in [3.05, 3.63) is 156 Å². The highest BCUT2D eigenvalue weighted by Gasteiger charge is 2.36. The summed E-state index contributed by atoms with van der Waals surface area (Å²) in [6, 6.07) is 38.4. The molecule has 48 heavy (non-hydrogen) atoms. The van der Waals surface area contributed by atoms with E-state index in [1.165, 1.54) is 5.56 Å². The van der Waals surface area contributed by atoms with E-state index in [0.29, 0.717) is 31.6 Å². The van der Waals surface area contributed by atoms with E-state index >= 15 is 0 Å². The maximum atomic E-state index is 13.6. The monoisotopic (exact) mass is 640 g/mol. The van der Waals surface area contributed by atoms with Crippen LogP contribution in [-0.2, 0) is 22.4 Å². The van der Waals surface area contributed by atoms with E-state index in [1.807, 2.05) is 85.1 Å². The molecule has 1 fully saturated rings. The minimum Gasteiger partial charge on any atom is -0.384 e. The molecule has 8 nitrogen and oxygen atoms in total. The molecule has 5 aromatic rings. The maximum absolute atomic E-state index is 13.6. The number of nitrogen functional groups attached to an aromatic ring is 1. The first-order chi connectivity index (χ1) is 23.4. The molecular formula is C40H44N6O2. The lowest BCUT2D eigenvalue weighted by Crippen LogP contribution is -2.50. The number of carbonyl (C=O) groups excluding carboxylic acids is 2. The highest BCUT2D eigenvalue weighted by Crippen LogP contribution is 2.36. The number of nitrogens with one attached hydrogen (secondary N) is 1. The fraction of sp³-hybridized carbons (Fsp3) is 0.250. The van der Waals surface area contributed by atoms with Crippen LogP contribution in [0.3, 0.4) is 0 Å². The van der Waals surface area contributed by atoms with Crippen molar-refractivity contribution in [2.24, 2.45) is 5.73 Å². The van der Waals surface area contributed by atoms with Gasteiger partial charge < -0.3 is 21.7 Å². The van der Waals surface area contributed by atoms with Crippen LogP contribution < -0.4 is 16.8 Å².